The number of nitrogens with zero attached hydrogens (tertiary/aromatic N) is 3. The zero-order valence-corrected chi connectivity index (χ0v) is 10.7. The molecular weight excluding hydrogens is 258 g/mol. The lowest BCUT2D eigenvalue weighted by molar-refractivity contribution is -0.384. The second kappa shape index (κ2) is 5.80. The smallest absolute Gasteiger partial charge is 0.269 e. The van der Waals surface area contributed by atoms with Gasteiger partial charge in [0.1, 0.15) is 6.07 Å². The molecule has 2 rings (SSSR count). The minimum Gasteiger partial charge on any atom is -0.491 e. The summed E-state index contributed by atoms with van der Waals surface area (Å²) in [5.41, 5.74) is 1.67. The number of nitro benzene ring substituents is 1. The lowest BCUT2D eigenvalue weighted by atomic mass is 10.1. The van der Waals surface area contributed by atoms with Crippen molar-refractivity contribution >= 4 is 5.69 Å². The number of hydrogen-bond acceptors (Lipinski definition) is 5. The Bertz CT molecular complexity index is 675. The van der Waals surface area contributed by atoms with Gasteiger partial charge >= 0.3 is 0 Å². The second-order valence-electron chi connectivity index (χ2n) is 3.91. The fourth-order valence-electron chi connectivity index (χ4n) is 1.71. The third-order valence-electron chi connectivity index (χ3n) is 2.66. The van der Waals surface area contributed by atoms with Gasteiger partial charge in [-0.1, -0.05) is 0 Å². The van der Waals surface area contributed by atoms with E-state index in [0.29, 0.717) is 29.2 Å². The monoisotopic (exact) mass is 269 g/mol. The molecule has 1 heterocycles. The number of non-ortho nitro benzene ring substituents is 1. The van der Waals surface area contributed by atoms with Crippen LogP contribution in [0.3, 0.4) is 0 Å². The minimum absolute atomic E-state index is 0.0141. The first-order valence-corrected chi connectivity index (χ1v) is 5.93. The lowest BCUT2D eigenvalue weighted by Gasteiger charge is -2.06. The Labute approximate surface area is 115 Å². The highest BCUT2D eigenvalue weighted by Gasteiger charge is 2.09. The van der Waals surface area contributed by atoms with Crippen LogP contribution in [0.2, 0.25) is 0 Å². The van der Waals surface area contributed by atoms with Crippen LogP contribution in [0.15, 0.2) is 36.5 Å². The third-order valence-corrected chi connectivity index (χ3v) is 2.66. The van der Waals surface area contributed by atoms with E-state index in [1.54, 1.807) is 18.2 Å². The molecule has 1 aromatic carbocycles. The average Bonchev–Trinajstić information content (AvgIpc) is 2.48. The van der Waals surface area contributed by atoms with E-state index < -0.39 is 4.92 Å². The lowest BCUT2D eigenvalue weighted by Crippen LogP contribution is -1.96. The molecule has 0 aliphatic carbocycles. The Morgan fingerprint density at radius 2 is 2.10 bits per heavy atom. The molecule has 0 fully saturated rings. The Kier molecular flexibility index (Phi) is 3.91. The summed E-state index contributed by atoms with van der Waals surface area (Å²) in [6, 6.07) is 9.65. The van der Waals surface area contributed by atoms with Crippen LogP contribution in [-0.2, 0) is 0 Å². The van der Waals surface area contributed by atoms with Crippen molar-refractivity contribution in [1.29, 1.82) is 5.26 Å². The fourth-order valence-corrected chi connectivity index (χ4v) is 1.71. The first kappa shape index (κ1) is 13.5. The van der Waals surface area contributed by atoms with Crippen LogP contribution in [-0.4, -0.2) is 16.5 Å². The largest absolute Gasteiger partial charge is 0.491 e. The predicted octanol–water partition coefficient (Wildman–Crippen LogP) is 2.93. The van der Waals surface area contributed by atoms with Gasteiger partial charge in [-0.2, -0.15) is 5.26 Å². The standard InChI is InChI=1S/C14H11N3O3/c1-2-20-14-9-16-13(7-11(14)8-15)10-3-5-12(6-4-10)17(18)19/h3-7,9H,2H2,1H3. The summed E-state index contributed by atoms with van der Waals surface area (Å²) in [5, 5.41) is 19.7. The number of benzene rings is 1. The molecule has 6 heteroatoms. The number of nitriles is 1. The van der Waals surface area contributed by atoms with Gasteiger partial charge in [-0.3, -0.25) is 15.1 Å². The maximum Gasteiger partial charge on any atom is 0.269 e. The Morgan fingerprint density at radius 3 is 2.65 bits per heavy atom. The van der Waals surface area contributed by atoms with E-state index >= 15 is 0 Å². The average molecular weight is 269 g/mol. The van der Waals surface area contributed by atoms with Crippen LogP contribution in [0.1, 0.15) is 12.5 Å². The first-order chi connectivity index (χ1) is 9.65. The second-order valence-corrected chi connectivity index (χ2v) is 3.91. The van der Waals surface area contributed by atoms with E-state index in [4.69, 9.17) is 10.00 Å². The van der Waals surface area contributed by atoms with Crippen LogP contribution in [0.5, 0.6) is 5.75 Å². The summed E-state index contributed by atoms with van der Waals surface area (Å²) in [4.78, 5) is 14.3. The molecule has 100 valence electrons. The molecule has 0 aliphatic heterocycles. The van der Waals surface area contributed by atoms with Crippen molar-refractivity contribution in [2.24, 2.45) is 0 Å². The van der Waals surface area contributed by atoms with Crippen molar-refractivity contribution in [3.8, 4) is 23.1 Å². The van der Waals surface area contributed by atoms with Gasteiger partial charge in [0.2, 0.25) is 0 Å². The summed E-state index contributed by atoms with van der Waals surface area (Å²) in [6.45, 7) is 2.28. The topological polar surface area (TPSA) is 89.1 Å². The van der Waals surface area contributed by atoms with Crippen molar-refractivity contribution in [2.45, 2.75) is 6.92 Å². The maximum absolute atomic E-state index is 10.6. The number of ether oxygens (including phenoxy) is 1. The molecule has 0 bridgehead atoms. The van der Waals surface area contributed by atoms with Gasteiger partial charge in [0.05, 0.1) is 29.0 Å². The molecule has 2 aromatic rings. The molecule has 1 aromatic heterocycles. The van der Waals surface area contributed by atoms with Crippen molar-refractivity contribution in [1.82, 2.24) is 4.98 Å². The minimum atomic E-state index is -0.462. The molecule has 0 radical (unpaired) electrons. The van der Waals surface area contributed by atoms with Crippen LogP contribution in [0, 0.1) is 21.4 Å². The van der Waals surface area contributed by atoms with E-state index in [0.717, 1.165) is 0 Å². The Balaban J connectivity index is 2.38. The van der Waals surface area contributed by atoms with Gasteiger partial charge in [0, 0.05) is 17.7 Å². The van der Waals surface area contributed by atoms with Gasteiger partial charge in [0.15, 0.2) is 5.75 Å². The number of aromatic nitrogens is 1. The molecule has 0 N–H and O–H groups in total. The van der Waals surface area contributed by atoms with Gasteiger partial charge < -0.3 is 4.74 Å². The van der Waals surface area contributed by atoms with Crippen molar-refractivity contribution in [2.75, 3.05) is 6.61 Å². The molecule has 0 unspecified atom stereocenters. The fraction of sp³-hybridized carbons (Fsp3) is 0.143. The van der Waals surface area contributed by atoms with E-state index in [2.05, 4.69) is 4.98 Å². The van der Waals surface area contributed by atoms with Gasteiger partial charge in [-0.05, 0) is 25.1 Å². The summed E-state index contributed by atoms with van der Waals surface area (Å²) in [6.07, 6.45) is 1.48. The number of nitro groups is 1. The molecule has 0 aliphatic rings. The number of hydrogen-bond donors (Lipinski definition) is 0. The van der Waals surface area contributed by atoms with E-state index in [1.165, 1.54) is 18.3 Å². The van der Waals surface area contributed by atoms with Crippen LogP contribution in [0.4, 0.5) is 5.69 Å². The highest BCUT2D eigenvalue weighted by molar-refractivity contribution is 5.64. The summed E-state index contributed by atoms with van der Waals surface area (Å²) in [7, 11) is 0. The maximum atomic E-state index is 10.6. The summed E-state index contributed by atoms with van der Waals surface area (Å²) >= 11 is 0. The molecule has 0 spiro atoms. The predicted molar refractivity (Wildman–Crippen MR) is 72.2 cm³/mol. The Morgan fingerprint density at radius 1 is 1.40 bits per heavy atom. The molecule has 0 amide bonds. The molecule has 0 atom stereocenters. The SMILES string of the molecule is CCOc1cnc(-c2ccc([N+](=O)[O-])cc2)cc1C#N. The highest BCUT2D eigenvalue weighted by atomic mass is 16.6. The van der Waals surface area contributed by atoms with Gasteiger partial charge in [-0.15, -0.1) is 0 Å². The summed E-state index contributed by atoms with van der Waals surface area (Å²) < 4.78 is 5.30. The molecule has 20 heavy (non-hydrogen) atoms. The van der Waals surface area contributed by atoms with E-state index in [1.807, 2.05) is 13.0 Å². The number of rotatable bonds is 4. The first-order valence-electron chi connectivity index (χ1n) is 5.93. The quantitative estimate of drug-likeness (QED) is 0.628. The number of pyridine rings is 1. The van der Waals surface area contributed by atoms with Crippen LogP contribution in [0.25, 0.3) is 11.3 Å². The van der Waals surface area contributed by atoms with Crippen LogP contribution < -0.4 is 4.74 Å². The normalized spacial score (nSPS) is 9.80. The van der Waals surface area contributed by atoms with Crippen molar-refractivity contribution in [3.05, 3.63) is 52.2 Å². The molecule has 0 saturated heterocycles. The van der Waals surface area contributed by atoms with E-state index in [9.17, 15) is 10.1 Å². The van der Waals surface area contributed by atoms with Gasteiger partial charge in [-0.25, -0.2) is 0 Å². The molecule has 6 nitrogen and oxygen atoms in total. The zero-order chi connectivity index (χ0) is 14.5. The van der Waals surface area contributed by atoms with Crippen LogP contribution >= 0.6 is 0 Å². The summed E-state index contributed by atoms with van der Waals surface area (Å²) in [5.74, 6) is 0.431. The van der Waals surface area contributed by atoms with E-state index in [-0.39, 0.29) is 5.69 Å². The zero-order valence-electron chi connectivity index (χ0n) is 10.7. The van der Waals surface area contributed by atoms with Crippen molar-refractivity contribution < 1.29 is 9.66 Å². The van der Waals surface area contributed by atoms with Gasteiger partial charge in [0.25, 0.3) is 5.69 Å². The molecule has 0 saturated carbocycles. The molecular formula is C14H11N3O3. The highest BCUT2D eigenvalue weighted by Crippen LogP contribution is 2.25. The van der Waals surface area contributed by atoms with Crippen molar-refractivity contribution in [3.63, 3.8) is 0 Å². The third kappa shape index (κ3) is 2.72. The Hall–Kier alpha value is -2.94.